The molecule has 1 unspecified atom stereocenters. The van der Waals surface area contributed by atoms with Gasteiger partial charge in [-0.25, -0.2) is 0 Å². The summed E-state index contributed by atoms with van der Waals surface area (Å²) in [4.78, 5) is 0. The molecule has 5 heteroatoms. The van der Waals surface area contributed by atoms with Crippen LogP contribution in [0.1, 0.15) is 183 Å². The van der Waals surface area contributed by atoms with E-state index in [1.807, 2.05) is 0 Å². The van der Waals surface area contributed by atoms with Crippen molar-refractivity contribution in [3.63, 3.8) is 0 Å². The monoisotopic (exact) mass is 563 g/mol. The minimum atomic E-state index is -2.21. The summed E-state index contributed by atoms with van der Waals surface area (Å²) in [6.07, 6.45) is 31.0. The van der Waals surface area contributed by atoms with E-state index in [0.29, 0.717) is 0 Å². The van der Waals surface area contributed by atoms with Crippen LogP contribution in [-0.4, -0.2) is 33.6 Å². The van der Waals surface area contributed by atoms with Crippen molar-refractivity contribution in [1.82, 2.24) is 0 Å². The van der Waals surface area contributed by atoms with Crippen LogP contribution in [0.5, 0.6) is 0 Å². The molecule has 0 aromatic carbocycles. The summed E-state index contributed by atoms with van der Waals surface area (Å²) in [6, 6.07) is 1.09. The van der Waals surface area contributed by atoms with Crippen LogP contribution in [0.3, 0.4) is 0 Å². The number of hydrogen-bond acceptors (Lipinski definition) is 3. The summed E-state index contributed by atoms with van der Waals surface area (Å²) in [5.74, 6) is 0. The van der Waals surface area contributed by atoms with Crippen LogP contribution < -0.4 is 0 Å². The molecule has 38 heavy (non-hydrogen) atoms. The van der Waals surface area contributed by atoms with E-state index in [1.54, 1.807) is 0 Å². The Morgan fingerprint density at radius 3 is 1.16 bits per heavy atom. The Morgan fingerprint density at radius 2 is 0.868 bits per heavy atom. The second kappa shape index (κ2) is 28.6. The van der Waals surface area contributed by atoms with Crippen LogP contribution in [0.15, 0.2) is 0 Å². The Labute approximate surface area is 240 Å². The molecule has 0 N–H and O–H groups in total. The number of rotatable bonds is 24. The summed E-state index contributed by atoms with van der Waals surface area (Å²) in [7, 11) is -2.21. The average molecular weight is 563 g/mol. The fourth-order valence-electron chi connectivity index (χ4n) is 6.08. The summed E-state index contributed by atoms with van der Waals surface area (Å²) in [5, 5.41) is -0.119. The largest absolute Gasteiger partial charge is 0.393 e. The minimum absolute atomic E-state index is 0. The third-order valence-corrected chi connectivity index (χ3v) is 12.9. The lowest BCUT2D eigenvalue weighted by Crippen LogP contribution is -2.65. The summed E-state index contributed by atoms with van der Waals surface area (Å²) >= 11 is 0. The second-order valence-electron chi connectivity index (χ2n) is 11.3. The lowest BCUT2D eigenvalue weighted by atomic mass is 10.0. The molecule has 0 aromatic heterocycles. The van der Waals surface area contributed by atoms with Crippen LogP contribution in [-0.2, 0) is 13.6 Å². The molecule has 0 aromatic rings. The first-order valence-electron chi connectivity index (χ1n) is 17.0. The molecular weight excluding hydrogens is 491 g/mol. The highest BCUT2D eigenvalue weighted by atomic mass is 28.4. The van der Waals surface area contributed by atoms with Gasteiger partial charge in [0.05, 0.1) is 0 Å². The van der Waals surface area contributed by atoms with Crippen LogP contribution in [0.25, 0.3) is 0 Å². The van der Waals surface area contributed by atoms with Gasteiger partial charge in [-0.1, -0.05) is 149 Å². The van der Waals surface area contributed by atoms with Gasteiger partial charge in [0.2, 0.25) is 0 Å². The Bertz CT molecular complexity index is 432. The molecule has 0 radical (unpaired) electrons. The van der Waals surface area contributed by atoms with E-state index in [2.05, 4.69) is 41.5 Å². The molecule has 0 saturated carbocycles. The van der Waals surface area contributed by atoms with Gasteiger partial charge in [-0.3, -0.25) is 4.70 Å². The quantitative estimate of drug-likeness (QED) is 0.0864. The lowest BCUT2D eigenvalue weighted by Gasteiger charge is -2.49. The zero-order valence-electron chi connectivity index (χ0n) is 27.0. The minimum Gasteiger partial charge on any atom is -0.393 e. The third kappa shape index (κ3) is 17.7. The predicted octanol–water partition coefficient (Wildman–Crippen LogP) is 11.6. The van der Waals surface area contributed by atoms with Gasteiger partial charge in [-0.2, -0.15) is 0 Å². The zero-order chi connectivity index (χ0) is 27.5. The van der Waals surface area contributed by atoms with Gasteiger partial charge in [0, 0.05) is 19.8 Å². The topological polar surface area (TPSA) is 27.7 Å². The van der Waals surface area contributed by atoms with Crippen LogP contribution in [0.4, 0.5) is 4.70 Å². The SMILES string of the molecule is CCCCCCCCCCCCCCCCCCCC.CCOC1(CC)CCCC[Si]1(OCC)OCC.F. The first-order chi connectivity index (χ1) is 18.1. The van der Waals surface area contributed by atoms with Crippen LogP contribution >= 0.6 is 0 Å². The van der Waals surface area contributed by atoms with E-state index in [-0.39, 0.29) is 9.93 Å². The normalized spacial score (nSPS) is 18.5. The Morgan fingerprint density at radius 1 is 0.500 bits per heavy atom. The van der Waals surface area contributed by atoms with E-state index in [9.17, 15) is 0 Å². The van der Waals surface area contributed by atoms with Crippen molar-refractivity contribution in [2.75, 3.05) is 19.8 Å². The Balaban J connectivity index is 0. The molecule has 1 fully saturated rings. The van der Waals surface area contributed by atoms with Gasteiger partial charge < -0.3 is 13.6 Å². The predicted molar refractivity (Wildman–Crippen MR) is 169 cm³/mol. The van der Waals surface area contributed by atoms with Gasteiger partial charge in [0.15, 0.2) is 0 Å². The molecule has 1 atom stereocenters. The lowest BCUT2D eigenvalue weighted by molar-refractivity contribution is -0.0426. The van der Waals surface area contributed by atoms with Crippen molar-refractivity contribution in [2.45, 2.75) is 194 Å². The maximum Gasteiger partial charge on any atom is 0.371 e. The fourth-order valence-corrected chi connectivity index (χ4v) is 10.5. The Kier molecular flexibility index (Phi) is 30.2. The van der Waals surface area contributed by atoms with Crippen molar-refractivity contribution < 1.29 is 18.3 Å². The summed E-state index contributed by atoms with van der Waals surface area (Å²) in [6.45, 7) is 15.2. The van der Waals surface area contributed by atoms with E-state index in [0.717, 1.165) is 38.7 Å². The van der Waals surface area contributed by atoms with E-state index in [1.165, 1.54) is 128 Å². The first-order valence-corrected chi connectivity index (χ1v) is 19.1. The molecule has 0 aliphatic carbocycles. The van der Waals surface area contributed by atoms with Crippen molar-refractivity contribution in [2.24, 2.45) is 0 Å². The molecule has 1 aliphatic rings. The fraction of sp³-hybridized carbons (Fsp3) is 1.00. The summed E-state index contributed by atoms with van der Waals surface area (Å²) < 4.78 is 18.5. The molecule has 232 valence electrons. The maximum absolute atomic E-state index is 6.16. The average Bonchev–Trinajstić information content (AvgIpc) is 2.90. The van der Waals surface area contributed by atoms with E-state index < -0.39 is 8.56 Å². The molecule has 3 nitrogen and oxygen atoms in total. The van der Waals surface area contributed by atoms with Crippen LogP contribution in [0.2, 0.25) is 6.04 Å². The highest BCUT2D eigenvalue weighted by Crippen LogP contribution is 2.43. The van der Waals surface area contributed by atoms with Crippen molar-refractivity contribution in [3.8, 4) is 0 Å². The molecule has 1 rings (SSSR count). The zero-order valence-corrected chi connectivity index (χ0v) is 28.0. The van der Waals surface area contributed by atoms with Crippen molar-refractivity contribution in [3.05, 3.63) is 0 Å². The molecule has 1 saturated heterocycles. The summed E-state index contributed by atoms with van der Waals surface area (Å²) in [5.41, 5.74) is 0. The number of ether oxygens (including phenoxy) is 1. The third-order valence-electron chi connectivity index (χ3n) is 8.23. The molecule has 1 aliphatic heterocycles. The van der Waals surface area contributed by atoms with Crippen molar-refractivity contribution in [1.29, 1.82) is 0 Å². The maximum atomic E-state index is 6.16. The highest BCUT2D eigenvalue weighted by molar-refractivity contribution is 6.70. The molecule has 0 amide bonds. The molecule has 1 heterocycles. The van der Waals surface area contributed by atoms with Gasteiger partial charge in [0.1, 0.15) is 5.22 Å². The molecule has 0 bridgehead atoms. The molecule has 0 spiro atoms. The van der Waals surface area contributed by atoms with Crippen LogP contribution in [0, 0.1) is 0 Å². The molecular formula is C33H71FO3Si. The number of halogens is 1. The highest BCUT2D eigenvalue weighted by Gasteiger charge is 2.58. The number of unbranched alkanes of at least 4 members (excludes halogenated alkanes) is 17. The number of hydrogen-bond donors (Lipinski definition) is 0. The van der Waals surface area contributed by atoms with E-state index >= 15 is 0 Å². The van der Waals surface area contributed by atoms with Gasteiger partial charge >= 0.3 is 8.56 Å². The van der Waals surface area contributed by atoms with Gasteiger partial charge in [0.25, 0.3) is 0 Å². The standard InChI is InChI=1S/C20H42.C13H28O3Si.FH/c1-3-5-7-9-11-13-15-17-19-20-18-16-14-12-10-8-6-4-2;1-5-13(14-6-2)11-9-10-12-17(13,15-7-3)16-8-4;/h3-20H2,1-2H3;5-12H2,1-4H3;1H. The van der Waals surface area contributed by atoms with Gasteiger partial charge in [-0.05, 0) is 39.7 Å². The first kappa shape index (κ1) is 40.2. The van der Waals surface area contributed by atoms with Crippen molar-refractivity contribution >= 4 is 8.56 Å². The van der Waals surface area contributed by atoms with E-state index in [4.69, 9.17) is 13.6 Å². The smallest absolute Gasteiger partial charge is 0.371 e. The second-order valence-corrected chi connectivity index (χ2v) is 14.8. The van der Waals surface area contributed by atoms with Gasteiger partial charge in [-0.15, -0.1) is 0 Å². The Hall–Kier alpha value is 0.0269.